The number of pyridine rings is 1. The highest BCUT2D eigenvalue weighted by molar-refractivity contribution is 5.96. The normalized spacial score (nSPS) is 10.7. The van der Waals surface area contributed by atoms with Crippen LogP contribution in [0.1, 0.15) is 0 Å². The molecule has 25 heavy (non-hydrogen) atoms. The van der Waals surface area contributed by atoms with Crippen LogP contribution >= 0.6 is 0 Å². The number of fused-ring (bicyclic) bond motifs is 1. The van der Waals surface area contributed by atoms with Crippen molar-refractivity contribution in [3.63, 3.8) is 0 Å². The Kier molecular flexibility index (Phi) is 4.38. The molecule has 7 nitrogen and oxygen atoms in total. The minimum absolute atomic E-state index is 0.0397. The Hall–Kier alpha value is -3.36. The van der Waals surface area contributed by atoms with Gasteiger partial charge in [0.25, 0.3) is 0 Å². The number of amides is 1. The first-order chi connectivity index (χ1) is 11.9. The van der Waals surface area contributed by atoms with Crippen molar-refractivity contribution in [3.8, 4) is 0 Å². The molecule has 0 radical (unpaired) electrons. The average Bonchev–Trinajstić information content (AvgIpc) is 2.52. The number of rotatable bonds is 4. The maximum Gasteiger partial charge on any atom is 0.243 e. The number of likely N-dealkylation sites (N-methyl/N-ethyl adjacent to an activating group) is 1. The highest BCUT2D eigenvalue weighted by Gasteiger charge is 2.14. The van der Waals surface area contributed by atoms with E-state index in [9.17, 15) is 13.6 Å². The molecule has 2 aromatic heterocycles. The van der Waals surface area contributed by atoms with Gasteiger partial charge in [-0.15, -0.1) is 0 Å². The van der Waals surface area contributed by atoms with Crippen LogP contribution in [0.25, 0.3) is 11.0 Å². The van der Waals surface area contributed by atoms with E-state index in [0.717, 1.165) is 18.2 Å². The Morgan fingerprint density at radius 2 is 1.92 bits per heavy atom. The predicted octanol–water partition coefficient (Wildman–Crippen LogP) is 1.96. The number of benzene rings is 1. The fourth-order valence-corrected chi connectivity index (χ4v) is 2.36. The summed E-state index contributed by atoms with van der Waals surface area (Å²) in [5, 5.41) is 3.07. The van der Waals surface area contributed by atoms with Crippen molar-refractivity contribution in [3.05, 3.63) is 48.3 Å². The topological polar surface area (TPSA) is 97.0 Å². The summed E-state index contributed by atoms with van der Waals surface area (Å²) in [6.45, 7) is -0.0887. The molecule has 0 saturated carbocycles. The zero-order valence-corrected chi connectivity index (χ0v) is 13.2. The van der Waals surface area contributed by atoms with Crippen molar-refractivity contribution < 1.29 is 13.6 Å². The van der Waals surface area contributed by atoms with Gasteiger partial charge in [-0.2, -0.15) is 0 Å². The van der Waals surface area contributed by atoms with Crippen LogP contribution in [-0.4, -0.2) is 34.5 Å². The maximum absolute atomic E-state index is 13.2. The quantitative estimate of drug-likeness (QED) is 0.751. The molecule has 3 N–H and O–H groups in total. The van der Waals surface area contributed by atoms with Crippen LogP contribution in [0.3, 0.4) is 0 Å². The van der Waals surface area contributed by atoms with Crippen molar-refractivity contribution in [2.45, 2.75) is 0 Å². The first-order valence-corrected chi connectivity index (χ1v) is 7.26. The van der Waals surface area contributed by atoms with Gasteiger partial charge >= 0.3 is 0 Å². The zero-order chi connectivity index (χ0) is 18.0. The molecule has 0 bridgehead atoms. The maximum atomic E-state index is 13.2. The van der Waals surface area contributed by atoms with Crippen LogP contribution in [0.5, 0.6) is 0 Å². The molecule has 0 spiro atoms. The monoisotopic (exact) mass is 344 g/mol. The molecule has 0 saturated heterocycles. The predicted molar refractivity (Wildman–Crippen MR) is 90.0 cm³/mol. The minimum atomic E-state index is -0.769. The van der Waals surface area contributed by atoms with Gasteiger partial charge in [0.2, 0.25) is 5.91 Å². The van der Waals surface area contributed by atoms with Gasteiger partial charge < -0.3 is 16.0 Å². The van der Waals surface area contributed by atoms with E-state index in [1.807, 2.05) is 0 Å². The summed E-state index contributed by atoms with van der Waals surface area (Å²) in [6.07, 6.45) is 1.32. The van der Waals surface area contributed by atoms with Gasteiger partial charge in [-0.25, -0.2) is 23.7 Å². The number of hydrogen-bond acceptors (Lipinski definition) is 6. The summed E-state index contributed by atoms with van der Waals surface area (Å²) < 4.78 is 26.4. The lowest BCUT2D eigenvalue weighted by Crippen LogP contribution is -2.30. The Bertz CT molecular complexity index is 929. The molecule has 0 atom stereocenters. The van der Waals surface area contributed by atoms with Crippen molar-refractivity contribution in [1.29, 1.82) is 0 Å². The molecule has 9 heteroatoms. The van der Waals surface area contributed by atoms with Crippen LogP contribution in [0.4, 0.5) is 26.1 Å². The summed E-state index contributed by atoms with van der Waals surface area (Å²) in [5.74, 6) is -1.19. The fourth-order valence-electron chi connectivity index (χ4n) is 2.36. The van der Waals surface area contributed by atoms with Crippen molar-refractivity contribution in [2.24, 2.45) is 0 Å². The van der Waals surface area contributed by atoms with Gasteiger partial charge in [0.1, 0.15) is 29.6 Å². The van der Waals surface area contributed by atoms with E-state index in [4.69, 9.17) is 5.73 Å². The van der Waals surface area contributed by atoms with E-state index >= 15 is 0 Å². The first-order valence-electron chi connectivity index (χ1n) is 7.26. The van der Waals surface area contributed by atoms with Crippen LogP contribution in [0, 0.1) is 11.6 Å². The fraction of sp³-hybridized carbons (Fsp3) is 0.125. The molecule has 1 aromatic carbocycles. The summed E-state index contributed by atoms with van der Waals surface area (Å²) in [7, 11) is 1.66. The summed E-state index contributed by atoms with van der Waals surface area (Å²) >= 11 is 0. The Morgan fingerprint density at radius 1 is 1.20 bits per heavy atom. The summed E-state index contributed by atoms with van der Waals surface area (Å²) in [6, 6.07) is 6.12. The first kappa shape index (κ1) is 16.5. The lowest BCUT2D eigenvalue weighted by atomic mass is 10.3. The van der Waals surface area contributed by atoms with Gasteiger partial charge in [0, 0.05) is 18.8 Å². The van der Waals surface area contributed by atoms with E-state index in [1.54, 1.807) is 24.1 Å². The highest BCUT2D eigenvalue weighted by atomic mass is 19.1. The second-order valence-corrected chi connectivity index (χ2v) is 5.37. The van der Waals surface area contributed by atoms with Gasteiger partial charge in [0.15, 0.2) is 5.65 Å². The number of nitrogens with two attached hydrogens (primary N) is 1. The third-order valence-corrected chi connectivity index (χ3v) is 3.39. The molecule has 0 fully saturated rings. The van der Waals surface area contributed by atoms with Crippen LogP contribution in [-0.2, 0) is 4.79 Å². The second-order valence-electron chi connectivity index (χ2n) is 5.37. The van der Waals surface area contributed by atoms with E-state index in [-0.39, 0.29) is 12.2 Å². The third kappa shape index (κ3) is 3.77. The number of halogens is 2. The Balaban J connectivity index is 1.78. The number of nitrogens with zero attached hydrogens (tertiary/aromatic N) is 4. The highest BCUT2D eigenvalue weighted by Crippen LogP contribution is 2.21. The Labute approximate surface area is 141 Å². The molecule has 2 heterocycles. The molecule has 3 aromatic rings. The molecular weight excluding hydrogens is 330 g/mol. The smallest absolute Gasteiger partial charge is 0.243 e. The summed E-state index contributed by atoms with van der Waals surface area (Å²) in [4.78, 5) is 26.0. The van der Waals surface area contributed by atoms with Gasteiger partial charge in [-0.05, 0) is 24.3 Å². The van der Waals surface area contributed by atoms with Crippen LogP contribution in [0.15, 0.2) is 36.7 Å². The lowest BCUT2D eigenvalue weighted by molar-refractivity contribution is -0.114. The van der Waals surface area contributed by atoms with Gasteiger partial charge in [0.05, 0.1) is 11.9 Å². The van der Waals surface area contributed by atoms with Gasteiger partial charge in [-0.1, -0.05) is 0 Å². The second kappa shape index (κ2) is 6.63. The molecule has 0 aliphatic rings. The number of hydrogen-bond donors (Lipinski definition) is 2. The molecule has 0 aliphatic carbocycles. The van der Waals surface area contributed by atoms with Crippen LogP contribution < -0.4 is 16.0 Å². The number of anilines is 3. The van der Waals surface area contributed by atoms with Gasteiger partial charge in [-0.3, -0.25) is 4.79 Å². The Morgan fingerprint density at radius 3 is 2.64 bits per heavy atom. The van der Waals surface area contributed by atoms with E-state index < -0.39 is 17.5 Å². The van der Waals surface area contributed by atoms with Crippen LogP contribution in [0.2, 0.25) is 0 Å². The third-order valence-electron chi connectivity index (χ3n) is 3.39. The van der Waals surface area contributed by atoms with Crippen molar-refractivity contribution in [2.75, 3.05) is 29.5 Å². The van der Waals surface area contributed by atoms with E-state index in [0.29, 0.717) is 22.7 Å². The number of carbonyl (C=O) groups is 1. The molecule has 1 amide bonds. The largest absolute Gasteiger partial charge is 0.384 e. The van der Waals surface area contributed by atoms with E-state index in [2.05, 4.69) is 20.3 Å². The molecule has 0 unspecified atom stereocenters. The lowest BCUT2D eigenvalue weighted by Gasteiger charge is -2.19. The SMILES string of the molecule is CN(CC(=O)Nc1cc(F)cc(F)c1)c1ncnc2nc(N)ccc12. The summed E-state index contributed by atoms with van der Waals surface area (Å²) in [5.41, 5.74) is 6.08. The number of carbonyl (C=O) groups excluding carboxylic acids is 1. The minimum Gasteiger partial charge on any atom is -0.384 e. The van der Waals surface area contributed by atoms with Crippen molar-refractivity contribution in [1.82, 2.24) is 15.0 Å². The molecule has 0 aliphatic heterocycles. The number of nitrogen functional groups attached to an aromatic ring is 1. The molecular formula is C16H14F2N6O. The number of aromatic nitrogens is 3. The average molecular weight is 344 g/mol. The molecule has 128 valence electrons. The number of nitrogens with one attached hydrogen (secondary N) is 1. The van der Waals surface area contributed by atoms with Crippen molar-refractivity contribution >= 4 is 34.3 Å². The molecule has 3 rings (SSSR count). The zero-order valence-electron chi connectivity index (χ0n) is 13.2. The standard InChI is InChI=1S/C16H14F2N6O/c1-24(7-14(25)22-11-5-9(17)4-10(18)6-11)16-12-2-3-13(19)23-15(12)20-8-21-16/h2-6,8H,7H2,1H3,(H,22,25)(H2,19,20,21,23). The van der Waals surface area contributed by atoms with E-state index in [1.165, 1.54) is 6.33 Å².